The van der Waals surface area contributed by atoms with E-state index < -0.39 is 15.4 Å². The summed E-state index contributed by atoms with van der Waals surface area (Å²) in [5.41, 5.74) is 1.36. The molecule has 0 saturated heterocycles. The lowest BCUT2D eigenvalue weighted by Crippen LogP contribution is -2.51. The van der Waals surface area contributed by atoms with Crippen molar-refractivity contribution in [3.63, 3.8) is 0 Å². The molecule has 1 heterocycles. The number of nitrogens with zero attached hydrogens (tertiary/aromatic N) is 1. The van der Waals surface area contributed by atoms with E-state index in [1.54, 1.807) is 12.1 Å². The third kappa shape index (κ3) is 6.38. The van der Waals surface area contributed by atoms with E-state index in [2.05, 4.69) is 20.8 Å². The second-order valence-corrected chi connectivity index (χ2v) is 11.2. The lowest BCUT2D eigenvalue weighted by atomic mass is 9.78. The predicted octanol–water partition coefficient (Wildman–Crippen LogP) is 3.77. The number of anilines is 2. The van der Waals surface area contributed by atoms with Gasteiger partial charge in [-0.15, -0.1) is 0 Å². The van der Waals surface area contributed by atoms with Crippen LogP contribution in [0.2, 0.25) is 0 Å². The summed E-state index contributed by atoms with van der Waals surface area (Å²) in [4.78, 5) is 24.9. The molecule has 190 valence electrons. The van der Waals surface area contributed by atoms with Crippen molar-refractivity contribution in [2.24, 2.45) is 0 Å². The van der Waals surface area contributed by atoms with Crippen LogP contribution >= 0.6 is 0 Å². The molecule has 1 aliphatic carbocycles. The van der Waals surface area contributed by atoms with E-state index in [1.807, 2.05) is 30.3 Å². The third-order valence-corrected chi connectivity index (χ3v) is 7.63. The van der Waals surface area contributed by atoms with Crippen LogP contribution in [0.3, 0.4) is 0 Å². The Morgan fingerprint density at radius 1 is 1.14 bits per heavy atom. The Labute approximate surface area is 210 Å². The van der Waals surface area contributed by atoms with E-state index in [-0.39, 0.29) is 23.3 Å². The summed E-state index contributed by atoms with van der Waals surface area (Å²) in [5.74, 6) is -0.0368. The van der Waals surface area contributed by atoms with Crippen LogP contribution in [-0.4, -0.2) is 48.7 Å². The van der Waals surface area contributed by atoms with Crippen molar-refractivity contribution < 1.29 is 22.7 Å². The number of ether oxygens (including phenoxy) is 1. The van der Waals surface area contributed by atoms with E-state index in [9.17, 15) is 18.0 Å². The number of carbonyl (C=O) groups is 2. The summed E-state index contributed by atoms with van der Waals surface area (Å²) in [7, 11) is -3.31. The van der Waals surface area contributed by atoms with Crippen LogP contribution in [0, 0.1) is 0 Å². The fourth-order valence-electron chi connectivity index (χ4n) is 4.43. The minimum Gasteiger partial charge on any atom is -0.374 e. The average Bonchev–Trinajstić information content (AvgIpc) is 3.33. The first kappa shape index (κ1) is 25.6. The molecule has 4 rings (SSSR count). The SMILES string of the molecule is CS(=O)(=O)c1ccc(Nc2n[nH]cc2C(=O)NC2(CC=O)CCC(OCc3ccccc3)CC2)cc1. The molecule has 0 unspecified atom stereocenters. The lowest BCUT2D eigenvalue weighted by Gasteiger charge is -2.39. The summed E-state index contributed by atoms with van der Waals surface area (Å²) >= 11 is 0. The highest BCUT2D eigenvalue weighted by Crippen LogP contribution is 2.33. The minimum absolute atomic E-state index is 0.0722. The first-order valence-electron chi connectivity index (χ1n) is 11.8. The number of nitrogens with one attached hydrogen (secondary N) is 3. The first-order chi connectivity index (χ1) is 17.3. The van der Waals surface area contributed by atoms with Gasteiger partial charge in [-0.05, 0) is 55.5 Å². The number of benzene rings is 2. The molecule has 1 aliphatic rings. The molecule has 0 aliphatic heterocycles. The first-order valence-corrected chi connectivity index (χ1v) is 13.7. The monoisotopic (exact) mass is 510 g/mol. The quantitative estimate of drug-likeness (QED) is 0.354. The van der Waals surface area contributed by atoms with Crippen molar-refractivity contribution >= 4 is 33.5 Å². The van der Waals surface area contributed by atoms with Crippen molar-refractivity contribution in [3.8, 4) is 0 Å². The molecule has 3 N–H and O–H groups in total. The number of hydrogen-bond donors (Lipinski definition) is 3. The number of H-pyrrole nitrogens is 1. The van der Waals surface area contributed by atoms with Crippen molar-refractivity contribution in [3.05, 3.63) is 71.9 Å². The predicted molar refractivity (Wildman–Crippen MR) is 136 cm³/mol. The molecule has 10 heteroatoms. The Balaban J connectivity index is 1.38. The average molecular weight is 511 g/mol. The van der Waals surface area contributed by atoms with Gasteiger partial charge in [0.15, 0.2) is 15.7 Å². The van der Waals surface area contributed by atoms with Gasteiger partial charge in [-0.2, -0.15) is 5.10 Å². The van der Waals surface area contributed by atoms with Gasteiger partial charge in [0.25, 0.3) is 5.91 Å². The molecule has 0 atom stereocenters. The Kier molecular flexibility index (Phi) is 7.85. The number of carbonyl (C=O) groups excluding carboxylic acids is 2. The Hall–Kier alpha value is -3.50. The lowest BCUT2D eigenvalue weighted by molar-refractivity contribution is -0.109. The number of rotatable bonds is 10. The Morgan fingerprint density at radius 3 is 2.47 bits per heavy atom. The minimum atomic E-state index is -3.31. The van der Waals surface area contributed by atoms with Gasteiger partial charge in [0.2, 0.25) is 0 Å². The molecular formula is C26H30N4O5S. The fourth-order valence-corrected chi connectivity index (χ4v) is 5.06. The number of aromatic nitrogens is 2. The molecule has 1 aromatic heterocycles. The maximum Gasteiger partial charge on any atom is 0.257 e. The number of sulfone groups is 1. The normalized spacial score (nSPS) is 20.0. The van der Waals surface area contributed by atoms with Gasteiger partial charge in [-0.3, -0.25) is 9.89 Å². The fraction of sp³-hybridized carbons (Fsp3) is 0.346. The van der Waals surface area contributed by atoms with Crippen LogP contribution in [0.1, 0.15) is 48.0 Å². The Morgan fingerprint density at radius 2 is 1.83 bits per heavy atom. The van der Waals surface area contributed by atoms with Crippen molar-refractivity contribution in [2.45, 2.75) is 55.2 Å². The molecule has 2 aromatic carbocycles. The summed E-state index contributed by atoms with van der Waals surface area (Å²) in [6.45, 7) is 0.535. The van der Waals surface area contributed by atoms with Crippen LogP contribution in [0.25, 0.3) is 0 Å². The summed E-state index contributed by atoms with van der Waals surface area (Å²) < 4.78 is 29.4. The summed E-state index contributed by atoms with van der Waals surface area (Å²) in [5, 5.41) is 12.9. The number of aromatic amines is 1. The van der Waals surface area contributed by atoms with E-state index in [0.29, 0.717) is 36.5 Å². The van der Waals surface area contributed by atoms with Crippen LogP contribution in [0.5, 0.6) is 0 Å². The van der Waals surface area contributed by atoms with E-state index in [4.69, 9.17) is 4.74 Å². The Bertz CT molecular complexity index is 1280. The van der Waals surface area contributed by atoms with Gasteiger partial charge >= 0.3 is 0 Å². The van der Waals surface area contributed by atoms with Gasteiger partial charge in [-0.1, -0.05) is 30.3 Å². The van der Waals surface area contributed by atoms with Gasteiger partial charge in [0.05, 0.1) is 17.6 Å². The number of aldehydes is 1. The maximum atomic E-state index is 13.2. The van der Waals surface area contributed by atoms with Gasteiger partial charge < -0.3 is 20.2 Å². The largest absolute Gasteiger partial charge is 0.374 e. The van der Waals surface area contributed by atoms with Crippen LogP contribution in [0.4, 0.5) is 11.5 Å². The number of hydrogen-bond acceptors (Lipinski definition) is 7. The van der Waals surface area contributed by atoms with E-state index in [1.165, 1.54) is 18.3 Å². The molecule has 1 fully saturated rings. The smallest absolute Gasteiger partial charge is 0.257 e. The van der Waals surface area contributed by atoms with Crippen LogP contribution < -0.4 is 10.6 Å². The van der Waals surface area contributed by atoms with E-state index in [0.717, 1.165) is 30.9 Å². The van der Waals surface area contributed by atoms with Gasteiger partial charge in [0.1, 0.15) is 11.8 Å². The van der Waals surface area contributed by atoms with Crippen LogP contribution in [-0.2, 0) is 26.0 Å². The molecule has 1 amide bonds. The van der Waals surface area contributed by atoms with Gasteiger partial charge in [0, 0.05) is 30.1 Å². The molecule has 0 bridgehead atoms. The zero-order chi connectivity index (χ0) is 25.6. The highest BCUT2D eigenvalue weighted by atomic mass is 32.2. The van der Waals surface area contributed by atoms with Crippen LogP contribution in [0.15, 0.2) is 65.7 Å². The van der Waals surface area contributed by atoms with Crippen molar-refractivity contribution in [2.75, 3.05) is 11.6 Å². The van der Waals surface area contributed by atoms with Gasteiger partial charge in [-0.25, -0.2) is 8.42 Å². The second-order valence-electron chi connectivity index (χ2n) is 9.17. The molecular weight excluding hydrogens is 480 g/mol. The summed E-state index contributed by atoms with van der Waals surface area (Å²) in [6.07, 6.45) is 6.52. The van der Waals surface area contributed by atoms with Crippen molar-refractivity contribution in [1.82, 2.24) is 15.5 Å². The molecule has 0 radical (unpaired) electrons. The molecule has 9 nitrogen and oxygen atoms in total. The second kappa shape index (κ2) is 11.0. The standard InChI is InChI=1S/C26H30N4O5S/c1-36(33,34)22-9-7-20(8-10-22)28-24-23(17-27-30-24)25(32)29-26(15-16-31)13-11-21(12-14-26)35-18-19-5-3-2-4-6-19/h2-10,16-17,21H,11-15,18H2,1H3,(H,29,32)(H2,27,28,30). The molecule has 0 spiro atoms. The maximum absolute atomic E-state index is 13.2. The third-order valence-electron chi connectivity index (χ3n) is 6.50. The molecule has 36 heavy (non-hydrogen) atoms. The molecule has 3 aromatic rings. The zero-order valence-electron chi connectivity index (χ0n) is 20.1. The highest BCUT2D eigenvalue weighted by Gasteiger charge is 2.37. The van der Waals surface area contributed by atoms with Crippen molar-refractivity contribution in [1.29, 1.82) is 0 Å². The topological polar surface area (TPSA) is 130 Å². The van der Waals surface area contributed by atoms with E-state index >= 15 is 0 Å². The number of amides is 1. The zero-order valence-corrected chi connectivity index (χ0v) is 20.9. The molecule has 1 saturated carbocycles. The highest BCUT2D eigenvalue weighted by molar-refractivity contribution is 7.90. The summed E-state index contributed by atoms with van der Waals surface area (Å²) in [6, 6.07) is 16.2.